The van der Waals surface area contributed by atoms with Crippen LogP contribution in [0, 0.1) is 0 Å². The monoisotopic (exact) mass is 1790 g/mol. The fraction of sp³-hybridized carbons (Fsp3) is 0.352. The van der Waals surface area contributed by atoms with Crippen LogP contribution in [0.5, 0.6) is 23.0 Å². The number of hydrogen-bond donors (Lipinski definition) is 4. The normalized spacial score (nSPS) is 12.8. The number of benzene rings is 8. The van der Waals surface area contributed by atoms with Crippen molar-refractivity contribution < 1.29 is 95.3 Å². The molecule has 12 aromatic rings. The number of unbranched alkanes of at least 4 members (excludes halogenated alkanes) is 8. The van der Waals surface area contributed by atoms with Gasteiger partial charge in [-0.3, -0.25) is 38.6 Å². The smallest absolute Gasteiger partial charge is 0.303 e. The molecule has 24 nitrogen and oxygen atoms in total. The summed E-state index contributed by atoms with van der Waals surface area (Å²) in [6.07, 6.45) is 21.1. The van der Waals surface area contributed by atoms with E-state index >= 15 is 0 Å². The van der Waals surface area contributed by atoms with Crippen LogP contribution in [0.2, 0.25) is 0 Å². The van der Waals surface area contributed by atoms with Crippen molar-refractivity contribution in [2.45, 2.75) is 180 Å². The Morgan fingerprint density at radius 3 is 1.09 bits per heavy atom. The molecule has 2 saturated carbocycles. The lowest BCUT2D eigenvalue weighted by Crippen LogP contribution is -2.43. The molecule has 3 fully saturated rings. The van der Waals surface area contributed by atoms with Crippen molar-refractivity contribution in [3.63, 3.8) is 0 Å². The fourth-order valence-electron chi connectivity index (χ4n) is 15.2. The third-order valence-electron chi connectivity index (χ3n) is 22.8. The van der Waals surface area contributed by atoms with E-state index in [9.17, 15) is 28.8 Å². The Bertz CT molecular complexity index is 5380. The average Bonchev–Trinajstić information content (AvgIpc) is 1.64. The number of rotatable bonds is 51. The topological polar surface area (TPSA) is 304 Å². The molecule has 15 rings (SSSR count). The van der Waals surface area contributed by atoms with E-state index in [4.69, 9.17) is 66.5 Å². The van der Waals surface area contributed by atoms with Crippen molar-refractivity contribution in [1.29, 1.82) is 0 Å². The van der Waals surface area contributed by atoms with E-state index in [0.717, 1.165) is 176 Å². The van der Waals surface area contributed by atoms with Gasteiger partial charge in [-0.05, 0) is 210 Å². The maximum absolute atomic E-state index is 13.8. The van der Waals surface area contributed by atoms with Crippen LogP contribution in [0.25, 0.3) is 45.3 Å². The number of carbonyl (C=O) groups is 6. The first-order chi connectivity index (χ1) is 64.6. The van der Waals surface area contributed by atoms with Crippen LogP contribution in [-0.4, -0.2) is 154 Å². The number of carboxylic acids is 4. The van der Waals surface area contributed by atoms with Gasteiger partial charge in [-0.1, -0.05) is 158 Å². The molecule has 0 spiro atoms. The number of aliphatic carboxylic acids is 4. The Kier molecular flexibility index (Phi) is 39.8. The lowest BCUT2D eigenvalue weighted by molar-refractivity contribution is -0.138. The third kappa shape index (κ3) is 33.6. The van der Waals surface area contributed by atoms with Gasteiger partial charge in [0.1, 0.15) is 46.0 Å². The summed E-state index contributed by atoms with van der Waals surface area (Å²) in [6.45, 7) is 10.4. The van der Waals surface area contributed by atoms with Crippen molar-refractivity contribution >= 4 is 35.7 Å². The minimum Gasteiger partial charge on any atom is -0.493 e. The molecule has 0 atom stereocenters. The first-order valence-corrected chi connectivity index (χ1v) is 46.1. The minimum atomic E-state index is -0.783. The maximum atomic E-state index is 13.8. The van der Waals surface area contributed by atoms with E-state index in [-0.39, 0.29) is 43.5 Å². The highest BCUT2D eigenvalue weighted by Gasteiger charge is 2.35. The standard InChI is InChI=1S/C30H36N2O6.C27H29NO5.C27H31NO4.C24H26O5/c33-29(34)10-2-1-5-19-38-28-8-4-3-7-26(28)30(35)32(16-15-31-17-21-36-22-18-31)23-24-11-13-25(14-12-24)27-9-6-20-37-27;29-26(30)10-2-1-5-17-33-25-8-4-3-7-23(25)27(31)28(22-15-16-22)19-20-11-13-21(14-12-20)24-9-6-18-32-24;29-27(30)10-2-1-5-17-31-26-8-4-3-7-23(26)20-28(24-15-16-24)19-21-11-13-22(14-12-21)25-9-6-18-32-25;25-24(26)10-2-1-5-15-28-23-8-4-3-7-21(23)18-27-17-19-11-13-20(14-12-19)22-9-6-16-29-22/h3-4,6-9,11-14,20H,1-2,5,10,15-19,21-23H2,(H,33,34);3-4,6-9,11-14,18,22H,1-2,5,10,15-17,19H2,(H,29,30);3-4,6-9,11-14,18,24H,1-2,5,10,15-17,19-20H2,(H,29,30);3-4,6-9,11-14,16H,1-2,5,10,15,17-18H2,(H,25,26). The number of carbonyl (C=O) groups excluding carboxylic acids is 2. The molecule has 4 aromatic heterocycles. The highest BCUT2D eigenvalue weighted by Crippen LogP contribution is 2.36. The van der Waals surface area contributed by atoms with Gasteiger partial charge < -0.3 is 76.3 Å². The first kappa shape index (κ1) is 97.8. The summed E-state index contributed by atoms with van der Waals surface area (Å²) in [4.78, 5) is 78.5. The molecule has 694 valence electrons. The number of hydrogen-bond acceptors (Lipinski definition) is 18. The number of ether oxygens (including phenoxy) is 6. The van der Waals surface area contributed by atoms with Crippen LogP contribution in [0.3, 0.4) is 0 Å². The molecule has 4 N–H and O–H groups in total. The molecule has 5 heterocycles. The highest BCUT2D eigenvalue weighted by molar-refractivity contribution is 5.98. The Morgan fingerprint density at radius 2 is 0.689 bits per heavy atom. The summed E-state index contributed by atoms with van der Waals surface area (Å²) >= 11 is 0. The zero-order valence-electron chi connectivity index (χ0n) is 75.1. The molecule has 1 aliphatic heterocycles. The predicted molar refractivity (Wildman–Crippen MR) is 504 cm³/mol. The number of furan rings is 4. The van der Waals surface area contributed by atoms with E-state index in [1.165, 1.54) is 24.0 Å². The van der Waals surface area contributed by atoms with Gasteiger partial charge in [-0.25, -0.2) is 0 Å². The molecular weight excluding hydrogens is 1670 g/mol. The molecular formula is C108H122N4O20. The number of para-hydroxylation sites is 4. The zero-order chi connectivity index (χ0) is 92.1. The van der Waals surface area contributed by atoms with Crippen LogP contribution >= 0.6 is 0 Å². The lowest BCUT2D eigenvalue weighted by atomic mass is 10.1. The van der Waals surface area contributed by atoms with Crippen LogP contribution < -0.4 is 18.9 Å². The van der Waals surface area contributed by atoms with Crippen LogP contribution in [0.15, 0.2) is 285 Å². The van der Waals surface area contributed by atoms with Crippen molar-refractivity contribution in [1.82, 2.24) is 19.6 Å². The quantitative estimate of drug-likeness (QED) is 0.0257. The molecule has 0 bridgehead atoms. The van der Waals surface area contributed by atoms with Crippen molar-refractivity contribution in [2.24, 2.45) is 0 Å². The Hall–Kier alpha value is -13.3. The maximum Gasteiger partial charge on any atom is 0.303 e. The molecule has 24 heteroatoms. The molecule has 8 aromatic carbocycles. The van der Waals surface area contributed by atoms with Gasteiger partial charge in [0.2, 0.25) is 0 Å². The molecule has 2 amide bonds. The summed E-state index contributed by atoms with van der Waals surface area (Å²) in [7, 11) is 0. The van der Waals surface area contributed by atoms with Crippen LogP contribution in [-0.2, 0) is 68.0 Å². The van der Waals surface area contributed by atoms with Gasteiger partial charge in [-0.15, -0.1) is 0 Å². The first-order valence-electron chi connectivity index (χ1n) is 46.1. The van der Waals surface area contributed by atoms with Gasteiger partial charge in [0.15, 0.2) is 0 Å². The van der Waals surface area contributed by atoms with Gasteiger partial charge in [0, 0.05) is 124 Å². The summed E-state index contributed by atoms with van der Waals surface area (Å²) in [5.74, 6) is 3.15. The van der Waals surface area contributed by atoms with Crippen molar-refractivity contribution in [3.05, 3.63) is 312 Å². The number of nitrogens with zero attached hydrogens (tertiary/aromatic N) is 4. The number of carboxylic acid groups (broad SMARTS) is 4. The second kappa shape index (κ2) is 53.8. The predicted octanol–water partition coefficient (Wildman–Crippen LogP) is 22.5. The Labute approximate surface area is 772 Å². The minimum absolute atomic E-state index is 0.0194. The Balaban J connectivity index is 0.000000160. The highest BCUT2D eigenvalue weighted by atomic mass is 16.5. The van der Waals surface area contributed by atoms with Gasteiger partial charge >= 0.3 is 23.9 Å². The third-order valence-corrected chi connectivity index (χ3v) is 22.8. The summed E-state index contributed by atoms with van der Waals surface area (Å²) in [6, 6.07) is 80.0. The van der Waals surface area contributed by atoms with Crippen molar-refractivity contribution in [2.75, 3.05) is 65.8 Å². The molecule has 2 aliphatic carbocycles. The van der Waals surface area contributed by atoms with Gasteiger partial charge in [0.25, 0.3) is 11.8 Å². The molecule has 132 heavy (non-hydrogen) atoms. The largest absolute Gasteiger partial charge is 0.493 e. The average molecular weight is 1800 g/mol. The number of amides is 2. The second-order valence-corrected chi connectivity index (χ2v) is 33.1. The fourth-order valence-corrected chi connectivity index (χ4v) is 15.2. The van der Waals surface area contributed by atoms with Gasteiger partial charge in [-0.2, -0.15) is 0 Å². The summed E-state index contributed by atoms with van der Waals surface area (Å²) in [5, 5.41) is 34.9. The van der Waals surface area contributed by atoms with E-state index in [1.54, 1.807) is 25.1 Å². The second-order valence-electron chi connectivity index (χ2n) is 33.1. The number of morpholine rings is 1. The molecule has 0 radical (unpaired) electrons. The van der Waals surface area contributed by atoms with E-state index in [2.05, 4.69) is 46.2 Å². The summed E-state index contributed by atoms with van der Waals surface area (Å²) in [5.41, 5.74) is 12.0. The zero-order valence-corrected chi connectivity index (χ0v) is 75.1. The van der Waals surface area contributed by atoms with Gasteiger partial charge in [0.05, 0.1) is 89.0 Å². The lowest BCUT2D eigenvalue weighted by Gasteiger charge is -2.30. The molecule has 3 aliphatic rings. The molecule has 1 saturated heterocycles. The molecule has 0 unspecified atom stereocenters. The van der Waals surface area contributed by atoms with Crippen LogP contribution in [0.4, 0.5) is 0 Å². The van der Waals surface area contributed by atoms with E-state index in [1.807, 2.05) is 216 Å². The SMILES string of the molecule is O=C(O)CCCCCOc1ccccc1C(=O)N(CCN1CCOCC1)Cc1ccc(-c2ccco2)cc1.O=C(O)CCCCCOc1ccccc1C(=O)N(Cc1ccc(-c2ccco2)cc1)C1CC1.O=C(O)CCCCCOc1ccccc1CN(Cc1ccc(-c2ccco2)cc1)C1CC1.O=C(O)CCCCCOc1ccccc1COCc1ccc(-c2ccco2)cc1. The summed E-state index contributed by atoms with van der Waals surface area (Å²) < 4.78 is 57.0. The van der Waals surface area contributed by atoms with Crippen LogP contribution in [0.1, 0.15) is 183 Å². The van der Waals surface area contributed by atoms with E-state index < -0.39 is 23.9 Å². The van der Waals surface area contributed by atoms with Crippen molar-refractivity contribution in [3.8, 4) is 68.3 Å². The van der Waals surface area contributed by atoms with E-state index in [0.29, 0.717) is 127 Å². The Morgan fingerprint density at radius 1 is 0.333 bits per heavy atom.